The summed E-state index contributed by atoms with van der Waals surface area (Å²) in [7, 11) is 0. The van der Waals surface area contributed by atoms with Gasteiger partial charge < -0.3 is 4.74 Å². The van der Waals surface area contributed by atoms with Crippen LogP contribution in [0.2, 0.25) is 0 Å². The van der Waals surface area contributed by atoms with Crippen molar-refractivity contribution in [1.29, 1.82) is 0 Å². The normalized spacial score (nSPS) is 18.4. The molecule has 4 nitrogen and oxygen atoms in total. The number of rotatable bonds is 4. The molecule has 0 N–H and O–H groups in total. The van der Waals surface area contributed by atoms with Crippen LogP contribution in [-0.4, -0.2) is 24.1 Å². The number of carbonyl (C=O) groups excluding carboxylic acids is 2. The Morgan fingerprint density at radius 3 is 2.61 bits per heavy atom. The second-order valence-corrected chi connectivity index (χ2v) is 4.90. The zero-order valence-corrected chi connectivity index (χ0v) is 12.0. The molecule has 0 aliphatic carbocycles. The molecule has 0 amide bonds. The molecule has 1 atom stereocenters. The summed E-state index contributed by atoms with van der Waals surface area (Å²) in [4.78, 5) is 27.5. The predicted molar refractivity (Wildman–Crippen MR) is 82.7 cm³/mol. The Bertz CT molecular complexity index is 812. The third-order valence-electron chi connectivity index (χ3n) is 3.29. The van der Waals surface area contributed by atoms with E-state index < -0.39 is 17.7 Å². The first kappa shape index (κ1) is 14.8. The number of allylic oxidation sites excluding steroid dienone is 1. The van der Waals surface area contributed by atoms with Gasteiger partial charge in [0.1, 0.15) is 5.82 Å². The molecule has 0 aromatic heterocycles. The first-order valence-corrected chi connectivity index (χ1v) is 6.95. The Balaban J connectivity index is 1.92. The lowest BCUT2D eigenvalue weighted by molar-refractivity contribution is -0.112. The van der Waals surface area contributed by atoms with Crippen molar-refractivity contribution in [3.63, 3.8) is 0 Å². The van der Waals surface area contributed by atoms with Crippen LogP contribution in [0.4, 0.5) is 4.39 Å². The average molecular weight is 309 g/mol. The van der Waals surface area contributed by atoms with Crippen molar-refractivity contribution >= 4 is 18.0 Å². The van der Waals surface area contributed by atoms with Crippen molar-refractivity contribution in [2.45, 2.75) is 6.10 Å². The van der Waals surface area contributed by atoms with Gasteiger partial charge in [0.15, 0.2) is 18.2 Å². The second kappa shape index (κ2) is 6.36. The van der Waals surface area contributed by atoms with Crippen LogP contribution in [0.1, 0.15) is 15.9 Å². The van der Waals surface area contributed by atoms with Crippen LogP contribution in [0.3, 0.4) is 0 Å². The molecule has 1 heterocycles. The van der Waals surface area contributed by atoms with Crippen molar-refractivity contribution < 1.29 is 18.7 Å². The van der Waals surface area contributed by atoms with Crippen LogP contribution in [0.5, 0.6) is 0 Å². The third-order valence-corrected chi connectivity index (χ3v) is 3.29. The quantitative estimate of drug-likeness (QED) is 0.496. The molecule has 23 heavy (non-hydrogen) atoms. The summed E-state index contributed by atoms with van der Waals surface area (Å²) in [5.74, 6) is -0.661. The van der Waals surface area contributed by atoms with Crippen LogP contribution in [0.25, 0.3) is 0 Å². The SMILES string of the molecule is O=CC1OC(c2ccccc2)=N/C1=C/C(=O)c1cccc(F)c1. The summed E-state index contributed by atoms with van der Waals surface area (Å²) < 4.78 is 18.6. The molecular weight excluding hydrogens is 297 g/mol. The molecule has 0 saturated heterocycles. The van der Waals surface area contributed by atoms with Gasteiger partial charge in [-0.3, -0.25) is 9.59 Å². The molecule has 1 aliphatic heterocycles. The van der Waals surface area contributed by atoms with Gasteiger partial charge >= 0.3 is 0 Å². The van der Waals surface area contributed by atoms with Gasteiger partial charge in [-0.15, -0.1) is 0 Å². The molecule has 2 aromatic rings. The van der Waals surface area contributed by atoms with E-state index in [4.69, 9.17) is 4.74 Å². The van der Waals surface area contributed by atoms with Gasteiger partial charge in [-0.25, -0.2) is 9.38 Å². The van der Waals surface area contributed by atoms with Gasteiger partial charge in [-0.05, 0) is 24.3 Å². The van der Waals surface area contributed by atoms with Crippen molar-refractivity contribution in [1.82, 2.24) is 0 Å². The third kappa shape index (κ3) is 3.23. The lowest BCUT2D eigenvalue weighted by atomic mass is 10.1. The van der Waals surface area contributed by atoms with Crippen LogP contribution < -0.4 is 0 Å². The van der Waals surface area contributed by atoms with E-state index in [1.807, 2.05) is 18.2 Å². The van der Waals surface area contributed by atoms with Crippen LogP contribution in [0.15, 0.2) is 71.4 Å². The molecule has 1 aliphatic rings. The smallest absolute Gasteiger partial charge is 0.222 e. The minimum Gasteiger partial charge on any atom is -0.460 e. The van der Waals surface area contributed by atoms with Crippen molar-refractivity contribution in [3.05, 3.63) is 83.3 Å². The number of hydrogen-bond donors (Lipinski definition) is 0. The summed E-state index contributed by atoms with van der Waals surface area (Å²) >= 11 is 0. The second-order valence-electron chi connectivity index (χ2n) is 4.90. The first-order valence-electron chi connectivity index (χ1n) is 6.95. The minimum atomic E-state index is -0.942. The Labute approximate surface area is 131 Å². The van der Waals surface area contributed by atoms with Crippen LogP contribution in [-0.2, 0) is 9.53 Å². The maximum Gasteiger partial charge on any atom is 0.222 e. The number of ketones is 1. The molecule has 0 bridgehead atoms. The molecule has 0 spiro atoms. The Kier molecular flexibility index (Phi) is 4.10. The average Bonchev–Trinajstić information content (AvgIpc) is 2.98. The van der Waals surface area contributed by atoms with Gasteiger partial charge in [0, 0.05) is 17.2 Å². The molecule has 5 heteroatoms. The van der Waals surface area contributed by atoms with E-state index in [2.05, 4.69) is 4.99 Å². The number of aliphatic imine (C=N–C) groups is 1. The Hall–Kier alpha value is -3.08. The minimum absolute atomic E-state index is 0.186. The lowest BCUT2D eigenvalue weighted by Crippen LogP contribution is -2.14. The molecule has 1 unspecified atom stereocenters. The number of aldehydes is 1. The van der Waals surface area contributed by atoms with Gasteiger partial charge in [0.2, 0.25) is 5.90 Å². The van der Waals surface area contributed by atoms with Crippen molar-refractivity contribution in [2.24, 2.45) is 4.99 Å². The van der Waals surface area contributed by atoms with Crippen LogP contribution >= 0.6 is 0 Å². The van der Waals surface area contributed by atoms with E-state index in [0.717, 1.165) is 6.07 Å². The maximum absolute atomic E-state index is 13.2. The van der Waals surface area contributed by atoms with E-state index in [-0.39, 0.29) is 17.2 Å². The number of hydrogen-bond acceptors (Lipinski definition) is 4. The highest BCUT2D eigenvalue weighted by molar-refractivity contribution is 6.06. The topological polar surface area (TPSA) is 55.7 Å². The molecule has 0 radical (unpaired) electrons. The molecule has 114 valence electrons. The van der Waals surface area contributed by atoms with Gasteiger partial charge in [0.05, 0.1) is 5.70 Å². The van der Waals surface area contributed by atoms with Crippen molar-refractivity contribution in [3.8, 4) is 0 Å². The highest BCUT2D eigenvalue weighted by Crippen LogP contribution is 2.21. The summed E-state index contributed by atoms with van der Waals surface area (Å²) in [6.45, 7) is 0. The van der Waals surface area contributed by atoms with Crippen molar-refractivity contribution in [2.75, 3.05) is 0 Å². The van der Waals surface area contributed by atoms with E-state index in [1.54, 1.807) is 12.1 Å². The molecule has 0 fully saturated rings. The fourth-order valence-corrected chi connectivity index (χ4v) is 2.17. The Morgan fingerprint density at radius 1 is 1.13 bits per heavy atom. The molecule has 2 aromatic carbocycles. The van der Waals surface area contributed by atoms with E-state index >= 15 is 0 Å². The molecule has 0 saturated carbocycles. The number of ether oxygens (including phenoxy) is 1. The summed E-state index contributed by atoms with van der Waals surface area (Å²) in [6, 6.07) is 14.4. The van der Waals surface area contributed by atoms with Gasteiger partial charge in [0.25, 0.3) is 0 Å². The largest absolute Gasteiger partial charge is 0.460 e. The van der Waals surface area contributed by atoms with E-state index in [0.29, 0.717) is 11.8 Å². The monoisotopic (exact) mass is 309 g/mol. The number of carbonyl (C=O) groups is 2. The van der Waals surface area contributed by atoms with Crippen LogP contribution in [0, 0.1) is 5.82 Å². The van der Waals surface area contributed by atoms with E-state index in [1.165, 1.54) is 24.3 Å². The van der Waals surface area contributed by atoms with E-state index in [9.17, 15) is 14.0 Å². The molecule has 3 rings (SSSR count). The lowest BCUT2D eigenvalue weighted by Gasteiger charge is -2.04. The first-order chi connectivity index (χ1) is 11.2. The highest BCUT2D eigenvalue weighted by atomic mass is 19.1. The standard InChI is InChI=1S/C18H12FNO3/c19-14-8-4-7-13(9-14)16(22)10-15-17(11-21)23-18(20-15)12-5-2-1-3-6-12/h1-11,17H/b15-10+. The number of nitrogens with zero attached hydrogens (tertiary/aromatic N) is 1. The fraction of sp³-hybridized carbons (Fsp3) is 0.0556. The fourth-order valence-electron chi connectivity index (χ4n) is 2.17. The summed E-state index contributed by atoms with van der Waals surface area (Å²) in [6.07, 6.45) is 0.830. The van der Waals surface area contributed by atoms with Gasteiger partial charge in [-0.2, -0.15) is 0 Å². The zero-order valence-electron chi connectivity index (χ0n) is 12.0. The zero-order chi connectivity index (χ0) is 16.2. The predicted octanol–water partition coefficient (Wildman–Crippen LogP) is 2.94. The number of halogens is 1. The molecular formula is C18H12FNO3. The number of benzene rings is 2. The highest BCUT2D eigenvalue weighted by Gasteiger charge is 2.26. The summed E-state index contributed by atoms with van der Waals surface area (Å²) in [5, 5.41) is 0. The maximum atomic E-state index is 13.2. The van der Waals surface area contributed by atoms with Gasteiger partial charge in [-0.1, -0.05) is 30.3 Å². The summed E-state index contributed by atoms with van der Waals surface area (Å²) in [5.41, 5.74) is 1.10. The Morgan fingerprint density at radius 2 is 1.91 bits per heavy atom.